The fraction of sp³-hybridized carbons (Fsp3) is 0.125. The minimum atomic E-state index is -0.597. The Labute approximate surface area is 138 Å². The Morgan fingerprint density at radius 1 is 1.32 bits per heavy atom. The highest BCUT2D eigenvalue weighted by molar-refractivity contribution is 6.37. The number of nitrogens with zero attached hydrogens (tertiary/aromatic N) is 1. The van der Waals surface area contributed by atoms with Crippen molar-refractivity contribution in [3.8, 4) is 18.1 Å². The molecule has 2 aromatic rings. The number of terminal acetylenes is 1. The van der Waals surface area contributed by atoms with Gasteiger partial charge in [-0.15, -0.1) is 6.42 Å². The lowest BCUT2D eigenvalue weighted by Gasteiger charge is -2.11. The summed E-state index contributed by atoms with van der Waals surface area (Å²) in [6.07, 6.45) is 8.37. The van der Waals surface area contributed by atoms with Crippen LogP contribution in [0.2, 0.25) is 10.0 Å². The molecular weight excluding hydrogens is 325 g/mol. The van der Waals surface area contributed by atoms with E-state index in [1.807, 2.05) is 6.07 Å². The highest BCUT2D eigenvalue weighted by Crippen LogP contribution is 2.35. The fourth-order valence-electron chi connectivity index (χ4n) is 1.65. The molecule has 0 saturated carbocycles. The van der Waals surface area contributed by atoms with Crippen molar-refractivity contribution in [2.45, 2.75) is 6.61 Å². The number of carbonyl (C=O) groups is 1. The summed E-state index contributed by atoms with van der Waals surface area (Å²) in [7, 11) is 0. The summed E-state index contributed by atoms with van der Waals surface area (Å²) in [6.45, 7) is 0.140. The van der Waals surface area contributed by atoms with Gasteiger partial charge in [0.05, 0.1) is 15.6 Å². The van der Waals surface area contributed by atoms with Crippen LogP contribution >= 0.6 is 23.2 Å². The van der Waals surface area contributed by atoms with Crippen LogP contribution in [0.1, 0.15) is 15.9 Å². The zero-order valence-corrected chi connectivity index (χ0v) is 12.9. The molecule has 0 aliphatic heterocycles. The maximum Gasteiger partial charge on any atom is 0.339 e. The van der Waals surface area contributed by atoms with Crippen molar-refractivity contribution in [2.24, 2.45) is 0 Å². The summed E-state index contributed by atoms with van der Waals surface area (Å²) >= 11 is 12.2. The summed E-state index contributed by atoms with van der Waals surface area (Å²) < 4.78 is 10.4. The minimum Gasteiger partial charge on any atom is -0.486 e. The lowest BCUT2D eigenvalue weighted by molar-refractivity contribution is 0.0556. The van der Waals surface area contributed by atoms with E-state index in [0.29, 0.717) is 5.75 Å². The first-order chi connectivity index (χ1) is 10.6. The zero-order valence-electron chi connectivity index (χ0n) is 11.4. The van der Waals surface area contributed by atoms with Gasteiger partial charge in [0, 0.05) is 18.0 Å². The number of hydrogen-bond donors (Lipinski definition) is 0. The van der Waals surface area contributed by atoms with Crippen LogP contribution in [0.5, 0.6) is 5.75 Å². The molecule has 0 saturated heterocycles. The highest BCUT2D eigenvalue weighted by Gasteiger charge is 2.15. The van der Waals surface area contributed by atoms with E-state index in [2.05, 4.69) is 10.9 Å². The Balaban J connectivity index is 2.13. The number of hydrogen-bond acceptors (Lipinski definition) is 4. The monoisotopic (exact) mass is 335 g/mol. The second kappa shape index (κ2) is 7.69. The molecule has 0 fully saturated rings. The first kappa shape index (κ1) is 16.2. The first-order valence-corrected chi connectivity index (χ1v) is 6.98. The van der Waals surface area contributed by atoms with Crippen LogP contribution in [-0.4, -0.2) is 17.6 Å². The molecule has 0 radical (unpaired) electrons. The Morgan fingerprint density at radius 3 is 2.64 bits per heavy atom. The van der Waals surface area contributed by atoms with Crippen molar-refractivity contribution in [1.29, 1.82) is 0 Å². The Hall–Kier alpha value is -2.22. The third-order valence-corrected chi connectivity index (χ3v) is 3.19. The van der Waals surface area contributed by atoms with Gasteiger partial charge in [-0.3, -0.25) is 4.98 Å². The van der Waals surface area contributed by atoms with Gasteiger partial charge in [-0.1, -0.05) is 35.2 Å². The number of pyridine rings is 1. The summed E-state index contributed by atoms with van der Waals surface area (Å²) in [6, 6.07) is 6.50. The van der Waals surface area contributed by atoms with Crippen molar-refractivity contribution in [3.63, 3.8) is 0 Å². The maximum absolute atomic E-state index is 11.7. The summed E-state index contributed by atoms with van der Waals surface area (Å²) in [5, 5.41) is 0.424. The third kappa shape index (κ3) is 4.14. The van der Waals surface area contributed by atoms with Gasteiger partial charge < -0.3 is 9.47 Å². The number of carbonyl (C=O) groups excluding carboxylic acids is 1. The molecule has 1 aromatic carbocycles. The number of aromatic nitrogens is 1. The van der Waals surface area contributed by atoms with Gasteiger partial charge in [-0.2, -0.15) is 0 Å². The van der Waals surface area contributed by atoms with Crippen LogP contribution in [-0.2, 0) is 11.3 Å². The van der Waals surface area contributed by atoms with Crippen molar-refractivity contribution in [1.82, 2.24) is 4.98 Å². The predicted octanol–water partition coefficient (Wildman–Crippen LogP) is 3.76. The average Bonchev–Trinajstić information content (AvgIpc) is 2.52. The minimum absolute atomic E-state index is 0.118. The van der Waals surface area contributed by atoms with Gasteiger partial charge in [0.1, 0.15) is 6.61 Å². The maximum atomic E-state index is 11.7. The smallest absolute Gasteiger partial charge is 0.339 e. The van der Waals surface area contributed by atoms with E-state index in [9.17, 15) is 4.79 Å². The molecule has 4 nitrogen and oxygen atoms in total. The van der Waals surface area contributed by atoms with E-state index >= 15 is 0 Å². The Morgan fingerprint density at radius 2 is 2.05 bits per heavy atom. The number of ether oxygens (including phenoxy) is 2. The number of halogens is 2. The third-order valence-electron chi connectivity index (χ3n) is 2.63. The molecule has 112 valence electrons. The van der Waals surface area contributed by atoms with Gasteiger partial charge in [0.2, 0.25) is 0 Å². The largest absolute Gasteiger partial charge is 0.486 e. The highest BCUT2D eigenvalue weighted by atomic mass is 35.5. The molecule has 0 amide bonds. The topological polar surface area (TPSA) is 48.4 Å². The van der Waals surface area contributed by atoms with Crippen molar-refractivity contribution in [3.05, 3.63) is 57.8 Å². The lowest BCUT2D eigenvalue weighted by Crippen LogP contribution is -2.06. The van der Waals surface area contributed by atoms with Gasteiger partial charge >= 0.3 is 5.97 Å². The van der Waals surface area contributed by atoms with Crippen molar-refractivity contribution < 1.29 is 14.3 Å². The normalized spacial score (nSPS) is 9.86. The van der Waals surface area contributed by atoms with Crippen LogP contribution in [0.25, 0.3) is 0 Å². The molecule has 0 spiro atoms. The molecule has 0 unspecified atom stereocenters. The fourth-order valence-corrected chi connectivity index (χ4v) is 2.24. The number of esters is 1. The van der Waals surface area contributed by atoms with E-state index in [1.54, 1.807) is 18.5 Å². The van der Waals surface area contributed by atoms with Crippen LogP contribution in [0.3, 0.4) is 0 Å². The molecule has 22 heavy (non-hydrogen) atoms. The van der Waals surface area contributed by atoms with Crippen LogP contribution in [0, 0.1) is 12.3 Å². The molecule has 6 heteroatoms. The molecule has 0 atom stereocenters. The van der Waals surface area contributed by atoms with Gasteiger partial charge in [-0.05, 0) is 18.2 Å². The summed E-state index contributed by atoms with van der Waals surface area (Å²) in [5.41, 5.74) is 1.08. The van der Waals surface area contributed by atoms with E-state index in [1.165, 1.54) is 12.1 Å². The molecule has 0 aliphatic rings. The van der Waals surface area contributed by atoms with Gasteiger partial charge in [-0.25, -0.2) is 4.79 Å². The second-order valence-electron chi connectivity index (χ2n) is 4.20. The van der Waals surface area contributed by atoms with Crippen molar-refractivity contribution in [2.75, 3.05) is 6.61 Å². The summed E-state index contributed by atoms with van der Waals surface area (Å²) in [4.78, 5) is 15.7. The molecule has 0 aliphatic carbocycles. The molecule has 1 aromatic heterocycles. The summed E-state index contributed by atoms with van der Waals surface area (Å²) in [5.74, 6) is 1.90. The Bertz CT molecular complexity index is 688. The van der Waals surface area contributed by atoms with Crippen LogP contribution in [0.4, 0.5) is 0 Å². The number of benzene rings is 1. The van der Waals surface area contributed by atoms with E-state index < -0.39 is 5.97 Å². The molecule has 0 N–H and O–H groups in total. The van der Waals surface area contributed by atoms with Crippen LogP contribution in [0.15, 0.2) is 36.7 Å². The van der Waals surface area contributed by atoms with Gasteiger partial charge in [0.15, 0.2) is 12.4 Å². The van der Waals surface area contributed by atoms with E-state index in [4.69, 9.17) is 39.1 Å². The van der Waals surface area contributed by atoms with Crippen LogP contribution < -0.4 is 4.74 Å². The van der Waals surface area contributed by atoms with E-state index in [-0.39, 0.29) is 28.8 Å². The SMILES string of the molecule is C#CCOC(=O)c1cc(Cl)c(OCc2cccnc2)c(Cl)c1. The van der Waals surface area contributed by atoms with Crippen molar-refractivity contribution >= 4 is 29.2 Å². The number of rotatable bonds is 5. The molecule has 2 rings (SSSR count). The first-order valence-electron chi connectivity index (χ1n) is 6.23. The molecule has 0 bridgehead atoms. The lowest BCUT2D eigenvalue weighted by atomic mass is 10.2. The molecular formula is C16H11Cl2NO3. The van der Waals surface area contributed by atoms with Gasteiger partial charge in [0.25, 0.3) is 0 Å². The predicted molar refractivity (Wildman–Crippen MR) is 84.1 cm³/mol. The zero-order chi connectivity index (χ0) is 15.9. The molecule has 1 heterocycles. The standard InChI is InChI=1S/C16H11Cl2NO3/c1-2-6-21-16(20)12-7-13(17)15(14(18)8-12)22-10-11-4-3-5-19-9-11/h1,3-5,7-9H,6,10H2. The van der Waals surface area contributed by atoms with E-state index in [0.717, 1.165) is 5.56 Å². The Kier molecular flexibility index (Phi) is 5.65. The quantitative estimate of drug-likeness (QED) is 0.616. The second-order valence-corrected chi connectivity index (χ2v) is 5.01. The average molecular weight is 336 g/mol.